The van der Waals surface area contributed by atoms with Crippen molar-refractivity contribution >= 4 is 23.0 Å². The van der Waals surface area contributed by atoms with Gasteiger partial charge in [0, 0.05) is 11.3 Å². The first-order valence-corrected chi connectivity index (χ1v) is 9.60. The Balaban J connectivity index is 1.82. The molecule has 0 aliphatic carbocycles. The number of hydrogen-bond donors (Lipinski definition) is 0. The molecule has 0 radical (unpaired) electrons. The molecule has 0 N–H and O–H groups in total. The van der Waals surface area contributed by atoms with Crippen LogP contribution in [0, 0.1) is 13.8 Å². The minimum atomic E-state index is -0.481. The van der Waals surface area contributed by atoms with Gasteiger partial charge in [0.25, 0.3) is 5.91 Å². The summed E-state index contributed by atoms with van der Waals surface area (Å²) < 4.78 is 8.12. The first-order valence-electron chi connectivity index (χ1n) is 9.60. The number of fused-ring (bicyclic) bond motifs is 2. The first kappa shape index (κ1) is 18.9. The molecule has 0 amide bonds. The van der Waals surface area contributed by atoms with Crippen molar-refractivity contribution in [1.29, 1.82) is 0 Å². The molecule has 148 valence electrons. The SMILES string of the molecule is CCC1=C(C)C(=O)n2c1cc1c(C)c(C(=O)OCc3ccccc3)c(C)n1c2=O. The molecule has 3 aromatic rings. The van der Waals surface area contributed by atoms with Crippen LogP contribution >= 0.6 is 0 Å². The molecule has 6 heteroatoms. The van der Waals surface area contributed by atoms with E-state index in [1.165, 1.54) is 8.97 Å². The fourth-order valence-electron chi connectivity index (χ4n) is 4.13. The van der Waals surface area contributed by atoms with E-state index < -0.39 is 11.7 Å². The van der Waals surface area contributed by atoms with E-state index in [-0.39, 0.29) is 12.5 Å². The molecule has 0 spiro atoms. The third-order valence-corrected chi connectivity index (χ3v) is 5.65. The van der Waals surface area contributed by atoms with Gasteiger partial charge in [-0.25, -0.2) is 14.2 Å². The average Bonchev–Trinajstić information content (AvgIpc) is 3.11. The second-order valence-corrected chi connectivity index (χ2v) is 7.28. The predicted octanol–water partition coefficient (Wildman–Crippen LogP) is 3.91. The van der Waals surface area contributed by atoms with Gasteiger partial charge in [-0.15, -0.1) is 0 Å². The van der Waals surface area contributed by atoms with E-state index in [0.29, 0.717) is 40.0 Å². The highest BCUT2D eigenvalue weighted by molar-refractivity contribution is 6.08. The highest BCUT2D eigenvalue weighted by Crippen LogP contribution is 2.31. The summed E-state index contributed by atoms with van der Waals surface area (Å²) in [6, 6.07) is 11.2. The maximum atomic E-state index is 13.2. The highest BCUT2D eigenvalue weighted by Gasteiger charge is 2.30. The number of aromatic nitrogens is 2. The van der Waals surface area contributed by atoms with Gasteiger partial charge in [-0.05, 0) is 50.0 Å². The number of nitrogens with zero attached hydrogens (tertiary/aromatic N) is 2. The monoisotopic (exact) mass is 390 g/mol. The molecule has 29 heavy (non-hydrogen) atoms. The predicted molar refractivity (Wildman–Crippen MR) is 110 cm³/mol. The Morgan fingerprint density at radius 3 is 2.41 bits per heavy atom. The molecule has 0 unspecified atom stereocenters. The van der Waals surface area contributed by atoms with Crippen LogP contribution in [0.1, 0.15) is 57.9 Å². The summed E-state index contributed by atoms with van der Waals surface area (Å²) in [4.78, 5) is 38.6. The average molecular weight is 390 g/mol. The van der Waals surface area contributed by atoms with Crippen molar-refractivity contribution < 1.29 is 14.3 Å². The number of esters is 1. The van der Waals surface area contributed by atoms with Crippen molar-refractivity contribution in [2.75, 3.05) is 0 Å². The maximum absolute atomic E-state index is 13.2. The zero-order valence-electron chi connectivity index (χ0n) is 16.9. The Bertz CT molecular complexity index is 1260. The van der Waals surface area contributed by atoms with Crippen LogP contribution in [0.2, 0.25) is 0 Å². The molecule has 0 saturated carbocycles. The van der Waals surface area contributed by atoms with Gasteiger partial charge in [-0.2, -0.15) is 0 Å². The van der Waals surface area contributed by atoms with Crippen molar-refractivity contribution in [3.05, 3.63) is 80.5 Å². The fraction of sp³-hybridized carbons (Fsp3) is 0.261. The van der Waals surface area contributed by atoms with Gasteiger partial charge in [0.15, 0.2) is 0 Å². The molecule has 1 aromatic carbocycles. The third kappa shape index (κ3) is 2.75. The Hall–Kier alpha value is -3.41. The largest absolute Gasteiger partial charge is 0.457 e. The molecular weight excluding hydrogens is 368 g/mol. The molecule has 2 aromatic heterocycles. The van der Waals surface area contributed by atoms with Crippen LogP contribution in [0.4, 0.5) is 0 Å². The van der Waals surface area contributed by atoms with Crippen LogP contribution in [-0.4, -0.2) is 20.8 Å². The lowest BCUT2D eigenvalue weighted by atomic mass is 10.1. The zero-order chi connectivity index (χ0) is 20.9. The number of carbonyl (C=O) groups excluding carboxylic acids is 2. The Labute approximate surface area is 168 Å². The molecule has 6 nitrogen and oxygen atoms in total. The van der Waals surface area contributed by atoms with Crippen LogP contribution < -0.4 is 5.69 Å². The van der Waals surface area contributed by atoms with Gasteiger partial charge >= 0.3 is 11.7 Å². The van der Waals surface area contributed by atoms with Crippen LogP contribution in [-0.2, 0) is 11.3 Å². The Morgan fingerprint density at radius 2 is 1.76 bits per heavy atom. The van der Waals surface area contributed by atoms with Crippen molar-refractivity contribution in [2.24, 2.45) is 0 Å². The standard InChI is InChI=1S/C23H22N2O4/c1-5-17-13(2)21(26)25-19(17)11-18-14(3)20(15(4)24(18)23(25)28)22(27)29-12-16-9-7-6-8-10-16/h6-11H,5,12H2,1-4H3. The van der Waals surface area contributed by atoms with Gasteiger partial charge in [-0.1, -0.05) is 37.3 Å². The summed E-state index contributed by atoms with van der Waals surface area (Å²) in [5.41, 5.74) is 4.65. The number of aryl methyl sites for hydroxylation is 2. The molecule has 0 fully saturated rings. The Kier molecular flexibility index (Phi) is 4.49. The van der Waals surface area contributed by atoms with Gasteiger partial charge in [0.05, 0.1) is 16.8 Å². The lowest BCUT2D eigenvalue weighted by molar-refractivity contribution is 0.0471. The van der Waals surface area contributed by atoms with Crippen LogP contribution in [0.3, 0.4) is 0 Å². The number of benzene rings is 1. The molecule has 0 atom stereocenters. The van der Waals surface area contributed by atoms with E-state index in [9.17, 15) is 14.4 Å². The van der Waals surface area contributed by atoms with Crippen LogP contribution in [0.5, 0.6) is 0 Å². The van der Waals surface area contributed by atoms with E-state index in [1.54, 1.807) is 20.8 Å². The normalized spacial score (nSPS) is 13.3. The smallest absolute Gasteiger partial charge is 0.340 e. The Morgan fingerprint density at radius 1 is 1.07 bits per heavy atom. The van der Waals surface area contributed by atoms with Crippen LogP contribution in [0.25, 0.3) is 11.1 Å². The van der Waals surface area contributed by atoms with E-state index in [4.69, 9.17) is 4.74 Å². The molecule has 0 bridgehead atoms. The molecule has 4 rings (SSSR count). The summed E-state index contributed by atoms with van der Waals surface area (Å²) in [6.07, 6.45) is 0.651. The lowest BCUT2D eigenvalue weighted by Gasteiger charge is -2.07. The lowest BCUT2D eigenvalue weighted by Crippen LogP contribution is -2.31. The van der Waals surface area contributed by atoms with Crippen LogP contribution in [0.15, 0.2) is 46.8 Å². The number of allylic oxidation sites excluding steroid dienone is 2. The van der Waals surface area contributed by atoms with E-state index in [0.717, 1.165) is 11.1 Å². The van der Waals surface area contributed by atoms with Gasteiger partial charge in [0.1, 0.15) is 6.61 Å². The van der Waals surface area contributed by atoms with Crippen molar-refractivity contribution in [2.45, 2.75) is 40.7 Å². The van der Waals surface area contributed by atoms with Crippen molar-refractivity contribution in [3.8, 4) is 0 Å². The van der Waals surface area contributed by atoms with E-state index in [1.807, 2.05) is 43.3 Å². The fourth-order valence-corrected chi connectivity index (χ4v) is 4.13. The summed E-state index contributed by atoms with van der Waals surface area (Å²) in [6.45, 7) is 7.36. The first-order chi connectivity index (χ1) is 13.9. The highest BCUT2D eigenvalue weighted by atomic mass is 16.5. The zero-order valence-corrected chi connectivity index (χ0v) is 16.9. The summed E-state index contributed by atoms with van der Waals surface area (Å²) >= 11 is 0. The van der Waals surface area contributed by atoms with Crippen molar-refractivity contribution in [3.63, 3.8) is 0 Å². The van der Waals surface area contributed by atoms with Gasteiger partial charge in [0.2, 0.25) is 0 Å². The van der Waals surface area contributed by atoms with E-state index in [2.05, 4.69) is 0 Å². The second-order valence-electron chi connectivity index (χ2n) is 7.28. The second kappa shape index (κ2) is 6.88. The summed E-state index contributed by atoms with van der Waals surface area (Å²) in [5, 5.41) is 0. The minimum absolute atomic E-state index is 0.153. The molecule has 1 aliphatic rings. The van der Waals surface area contributed by atoms with Crippen molar-refractivity contribution in [1.82, 2.24) is 8.97 Å². The molecule has 1 aliphatic heterocycles. The summed E-state index contributed by atoms with van der Waals surface area (Å²) in [7, 11) is 0. The number of hydrogen-bond acceptors (Lipinski definition) is 4. The minimum Gasteiger partial charge on any atom is -0.457 e. The molecular formula is C23H22N2O4. The maximum Gasteiger partial charge on any atom is 0.340 e. The summed E-state index contributed by atoms with van der Waals surface area (Å²) in [5.74, 6) is -0.784. The molecule has 0 saturated heterocycles. The van der Waals surface area contributed by atoms with Gasteiger partial charge in [-0.3, -0.25) is 9.20 Å². The number of rotatable bonds is 4. The van der Waals surface area contributed by atoms with Gasteiger partial charge < -0.3 is 4.74 Å². The quantitative estimate of drug-likeness (QED) is 0.633. The topological polar surface area (TPSA) is 69.8 Å². The number of ether oxygens (including phenoxy) is 1. The van der Waals surface area contributed by atoms with E-state index >= 15 is 0 Å². The molecule has 3 heterocycles. The third-order valence-electron chi connectivity index (χ3n) is 5.65. The number of carbonyl (C=O) groups is 2.